The van der Waals surface area contributed by atoms with Crippen LogP contribution in [0.5, 0.6) is 0 Å². The van der Waals surface area contributed by atoms with Crippen molar-refractivity contribution in [3.63, 3.8) is 0 Å². The van der Waals surface area contributed by atoms with Gasteiger partial charge < -0.3 is 4.57 Å². The van der Waals surface area contributed by atoms with Crippen molar-refractivity contribution in [3.8, 4) is 5.82 Å². The van der Waals surface area contributed by atoms with E-state index >= 15 is 0 Å². The van der Waals surface area contributed by atoms with Crippen molar-refractivity contribution in [3.05, 3.63) is 72.2 Å². The normalized spacial score (nSPS) is 11.2. The molecule has 0 aliphatic carbocycles. The molecule has 2 aromatic heterocycles. The Morgan fingerprint density at radius 2 is 1.85 bits per heavy atom. The van der Waals surface area contributed by atoms with Gasteiger partial charge in [-0.1, -0.05) is 30.3 Å². The van der Waals surface area contributed by atoms with Crippen LogP contribution in [0.25, 0.3) is 5.82 Å². The standard InChI is InChI=1S/C16H16N4/c1-19-16(20-9-5-6-10-20)15(13-18-19)12-17-11-14-7-3-2-4-8-14/h2-11,13H,12H2,1H3. The Morgan fingerprint density at radius 3 is 2.60 bits per heavy atom. The van der Waals surface area contributed by atoms with Gasteiger partial charge >= 0.3 is 0 Å². The van der Waals surface area contributed by atoms with Crippen molar-refractivity contribution in [2.24, 2.45) is 12.0 Å². The number of aliphatic imine (C=N–C) groups is 1. The van der Waals surface area contributed by atoms with Gasteiger partial charge in [-0.2, -0.15) is 5.10 Å². The van der Waals surface area contributed by atoms with Gasteiger partial charge in [0, 0.05) is 31.2 Å². The fraction of sp³-hybridized carbons (Fsp3) is 0.125. The molecule has 0 amide bonds. The number of benzene rings is 1. The molecule has 0 aliphatic rings. The largest absolute Gasteiger partial charge is 0.309 e. The first-order valence-corrected chi connectivity index (χ1v) is 6.54. The van der Waals surface area contributed by atoms with Gasteiger partial charge in [-0.05, 0) is 17.7 Å². The summed E-state index contributed by atoms with van der Waals surface area (Å²) in [5, 5.41) is 4.32. The molecule has 0 bridgehead atoms. The maximum absolute atomic E-state index is 4.50. The molecule has 0 aliphatic heterocycles. The number of aryl methyl sites for hydroxylation is 1. The average molecular weight is 264 g/mol. The van der Waals surface area contributed by atoms with E-state index in [0.717, 1.165) is 16.9 Å². The fourth-order valence-electron chi connectivity index (χ4n) is 2.19. The highest BCUT2D eigenvalue weighted by molar-refractivity contribution is 5.79. The summed E-state index contributed by atoms with van der Waals surface area (Å²) in [4.78, 5) is 4.50. The van der Waals surface area contributed by atoms with E-state index in [1.54, 1.807) is 0 Å². The number of hydrogen-bond acceptors (Lipinski definition) is 2. The minimum Gasteiger partial charge on any atom is -0.309 e. The number of aromatic nitrogens is 3. The van der Waals surface area contributed by atoms with Crippen LogP contribution in [0.15, 0.2) is 66.0 Å². The zero-order chi connectivity index (χ0) is 13.8. The Bertz CT molecular complexity index is 693. The minimum absolute atomic E-state index is 0.621. The predicted octanol–water partition coefficient (Wildman–Crippen LogP) is 2.83. The second-order valence-electron chi connectivity index (χ2n) is 4.59. The summed E-state index contributed by atoms with van der Waals surface area (Å²) >= 11 is 0. The van der Waals surface area contributed by atoms with Crippen molar-refractivity contribution in [1.82, 2.24) is 14.3 Å². The molecule has 0 atom stereocenters. The second-order valence-corrected chi connectivity index (χ2v) is 4.59. The lowest BCUT2D eigenvalue weighted by atomic mass is 10.2. The summed E-state index contributed by atoms with van der Waals surface area (Å²) < 4.78 is 3.92. The molecular weight excluding hydrogens is 248 g/mol. The maximum atomic E-state index is 4.50. The van der Waals surface area contributed by atoms with Gasteiger partial charge in [-0.25, -0.2) is 0 Å². The molecule has 4 nitrogen and oxygen atoms in total. The van der Waals surface area contributed by atoms with Crippen molar-refractivity contribution < 1.29 is 0 Å². The Kier molecular flexibility index (Phi) is 3.46. The van der Waals surface area contributed by atoms with Gasteiger partial charge in [-0.3, -0.25) is 9.67 Å². The zero-order valence-corrected chi connectivity index (χ0v) is 11.3. The molecule has 100 valence electrons. The van der Waals surface area contributed by atoms with Gasteiger partial charge in [0.05, 0.1) is 12.7 Å². The SMILES string of the molecule is Cn1ncc(CN=Cc2ccccc2)c1-n1cccc1. The lowest BCUT2D eigenvalue weighted by molar-refractivity contribution is 0.728. The zero-order valence-electron chi connectivity index (χ0n) is 11.3. The smallest absolute Gasteiger partial charge is 0.139 e. The van der Waals surface area contributed by atoms with Crippen LogP contribution in [-0.4, -0.2) is 20.6 Å². The number of nitrogens with zero attached hydrogens (tertiary/aromatic N) is 4. The highest BCUT2D eigenvalue weighted by Crippen LogP contribution is 2.14. The number of rotatable bonds is 4. The van der Waals surface area contributed by atoms with E-state index in [-0.39, 0.29) is 0 Å². The summed E-state index contributed by atoms with van der Waals surface area (Å²) in [6.07, 6.45) is 7.80. The summed E-state index contributed by atoms with van der Waals surface area (Å²) in [5.74, 6) is 1.06. The molecule has 4 heteroatoms. The molecule has 0 spiro atoms. The first-order chi connectivity index (χ1) is 9.84. The molecule has 0 radical (unpaired) electrons. The molecule has 20 heavy (non-hydrogen) atoms. The Morgan fingerprint density at radius 1 is 1.10 bits per heavy atom. The molecule has 0 fully saturated rings. The lowest BCUT2D eigenvalue weighted by Gasteiger charge is -2.05. The van der Waals surface area contributed by atoms with Gasteiger partial charge in [0.15, 0.2) is 0 Å². The monoisotopic (exact) mass is 264 g/mol. The van der Waals surface area contributed by atoms with E-state index < -0.39 is 0 Å². The highest BCUT2D eigenvalue weighted by Gasteiger charge is 2.08. The Labute approximate surface area is 118 Å². The van der Waals surface area contributed by atoms with E-state index in [9.17, 15) is 0 Å². The van der Waals surface area contributed by atoms with E-state index in [0.29, 0.717) is 6.54 Å². The van der Waals surface area contributed by atoms with Crippen LogP contribution >= 0.6 is 0 Å². The third-order valence-corrected chi connectivity index (χ3v) is 3.13. The van der Waals surface area contributed by atoms with E-state index in [1.807, 2.05) is 79.0 Å². The van der Waals surface area contributed by atoms with Crippen LogP contribution in [-0.2, 0) is 13.6 Å². The van der Waals surface area contributed by atoms with Crippen molar-refractivity contribution in [2.45, 2.75) is 6.54 Å². The van der Waals surface area contributed by atoms with Crippen molar-refractivity contribution >= 4 is 6.21 Å². The van der Waals surface area contributed by atoms with Crippen molar-refractivity contribution in [2.75, 3.05) is 0 Å². The summed E-state index contributed by atoms with van der Waals surface area (Å²) in [7, 11) is 1.94. The Balaban J connectivity index is 1.81. The molecule has 2 heterocycles. The van der Waals surface area contributed by atoms with E-state index in [2.05, 4.69) is 14.7 Å². The fourth-order valence-corrected chi connectivity index (χ4v) is 2.19. The first kappa shape index (κ1) is 12.4. The van der Waals surface area contributed by atoms with Gasteiger partial charge in [-0.15, -0.1) is 0 Å². The third-order valence-electron chi connectivity index (χ3n) is 3.13. The van der Waals surface area contributed by atoms with Crippen LogP contribution < -0.4 is 0 Å². The molecule has 0 saturated heterocycles. The van der Waals surface area contributed by atoms with E-state index in [4.69, 9.17) is 0 Å². The second kappa shape index (κ2) is 5.57. The molecule has 3 rings (SSSR count). The van der Waals surface area contributed by atoms with E-state index in [1.165, 1.54) is 0 Å². The van der Waals surface area contributed by atoms with Crippen LogP contribution in [0.3, 0.4) is 0 Å². The van der Waals surface area contributed by atoms with Gasteiger partial charge in [0.2, 0.25) is 0 Å². The lowest BCUT2D eigenvalue weighted by Crippen LogP contribution is -2.02. The predicted molar refractivity (Wildman–Crippen MR) is 80.3 cm³/mol. The Hall–Kier alpha value is -2.62. The summed E-state index contributed by atoms with van der Waals surface area (Å²) in [5.41, 5.74) is 2.22. The summed E-state index contributed by atoms with van der Waals surface area (Å²) in [6, 6.07) is 14.1. The average Bonchev–Trinajstić information content (AvgIpc) is 3.10. The van der Waals surface area contributed by atoms with Crippen LogP contribution in [0.4, 0.5) is 0 Å². The third kappa shape index (κ3) is 2.54. The molecule has 1 aromatic carbocycles. The first-order valence-electron chi connectivity index (χ1n) is 6.54. The molecule has 3 aromatic rings. The van der Waals surface area contributed by atoms with Crippen LogP contribution in [0, 0.1) is 0 Å². The maximum Gasteiger partial charge on any atom is 0.139 e. The quantitative estimate of drug-likeness (QED) is 0.667. The number of hydrogen-bond donors (Lipinski definition) is 0. The van der Waals surface area contributed by atoms with Gasteiger partial charge in [0.1, 0.15) is 5.82 Å². The van der Waals surface area contributed by atoms with Gasteiger partial charge in [0.25, 0.3) is 0 Å². The molecule has 0 saturated carbocycles. The minimum atomic E-state index is 0.621. The topological polar surface area (TPSA) is 35.1 Å². The highest BCUT2D eigenvalue weighted by atomic mass is 15.3. The van der Waals surface area contributed by atoms with Crippen LogP contribution in [0.1, 0.15) is 11.1 Å². The van der Waals surface area contributed by atoms with Crippen LogP contribution in [0.2, 0.25) is 0 Å². The summed E-state index contributed by atoms with van der Waals surface area (Å²) in [6.45, 7) is 0.621. The molecule has 0 N–H and O–H groups in total. The molecule has 0 unspecified atom stereocenters. The molecular formula is C16H16N4. The van der Waals surface area contributed by atoms with Crippen molar-refractivity contribution in [1.29, 1.82) is 0 Å².